The van der Waals surface area contributed by atoms with Gasteiger partial charge in [0.2, 0.25) is 5.91 Å². The molecule has 0 saturated heterocycles. The van der Waals surface area contributed by atoms with Gasteiger partial charge in [0.1, 0.15) is 0 Å². The number of likely N-dealkylation sites (N-methyl/N-ethyl adjacent to an activating group) is 2. The van der Waals surface area contributed by atoms with Crippen LogP contribution in [0.4, 0.5) is 0 Å². The van der Waals surface area contributed by atoms with Crippen molar-refractivity contribution in [3.63, 3.8) is 0 Å². The monoisotopic (exact) mass is 262 g/mol. The fourth-order valence-electron chi connectivity index (χ4n) is 1.89. The van der Waals surface area contributed by atoms with E-state index in [2.05, 4.69) is 5.32 Å². The highest BCUT2D eigenvalue weighted by atomic mass is 16.2. The number of benzene rings is 1. The summed E-state index contributed by atoms with van der Waals surface area (Å²) in [6.45, 7) is 7.04. The number of amides is 1. The summed E-state index contributed by atoms with van der Waals surface area (Å²) >= 11 is 0. The van der Waals surface area contributed by atoms with Crippen molar-refractivity contribution < 1.29 is 9.59 Å². The number of rotatable bonds is 6. The van der Waals surface area contributed by atoms with Crippen LogP contribution in [0.25, 0.3) is 0 Å². The lowest BCUT2D eigenvalue weighted by Gasteiger charge is -2.19. The Balaban J connectivity index is 2.77. The lowest BCUT2D eigenvalue weighted by atomic mass is 10.0. The van der Waals surface area contributed by atoms with Gasteiger partial charge in [-0.1, -0.05) is 24.6 Å². The molecule has 4 heteroatoms. The van der Waals surface area contributed by atoms with Gasteiger partial charge in [-0.25, -0.2) is 0 Å². The van der Waals surface area contributed by atoms with E-state index in [0.29, 0.717) is 6.54 Å². The van der Waals surface area contributed by atoms with E-state index in [0.717, 1.165) is 16.7 Å². The Morgan fingerprint density at radius 2 is 1.89 bits per heavy atom. The number of Topliss-reactive ketones (excluding diaryl/α,β-unsaturated/α-hetero) is 1. The molecule has 0 aliphatic rings. The summed E-state index contributed by atoms with van der Waals surface area (Å²) in [5.41, 5.74) is 2.80. The second kappa shape index (κ2) is 7.04. The Hall–Kier alpha value is -1.68. The Labute approximate surface area is 114 Å². The topological polar surface area (TPSA) is 49.4 Å². The van der Waals surface area contributed by atoms with Crippen LogP contribution in [0.2, 0.25) is 0 Å². The fourth-order valence-corrected chi connectivity index (χ4v) is 1.89. The van der Waals surface area contributed by atoms with Gasteiger partial charge in [-0.05, 0) is 32.0 Å². The van der Waals surface area contributed by atoms with Gasteiger partial charge in [0.15, 0.2) is 5.78 Å². The highest BCUT2D eigenvalue weighted by Gasteiger charge is 2.15. The Morgan fingerprint density at radius 3 is 2.47 bits per heavy atom. The number of aryl methyl sites for hydroxylation is 2. The van der Waals surface area contributed by atoms with E-state index >= 15 is 0 Å². The van der Waals surface area contributed by atoms with Crippen LogP contribution in [0.5, 0.6) is 0 Å². The number of nitrogens with one attached hydrogen (secondary N) is 1. The summed E-state index contributed by atoms with van der Waals surface area (Å²) in [4.78, 5) is 25.5. The van der Waals surface area contributed by atoms with Crippen molar-refractivity contribution in [2.24, 2.45) is 0 Å². The molecule has 0 aliphatic heterocycles. The van der Waals surface area contributed by atoms with E-state index in [4.69, 9.17) is 0 Å². The number of carbonyl (C=O) groups excluding carboxylic acids is 2. The first-order valence-corrected chi connectivity index (χ1v) is 6.51. The normalized spacial score (nSPS) is 10.6. The Bertz CT molecular complexity index is 469. The number of hydrogen-bond donors (Lipinski definition) is 1. The van der Waals surface area contributed by atoms with Crippen molar-refractivity contribution in [1.29, 1.82) is 0 Å². The molecule has 0 bridgehead atoms. The Kier molecular flexibility index (Phi) is 5.70. The molecule has 0 fully saturated rings. The number of hydrogen-bond acceptors (Lipinski definition) is 3. The van der Waals surface area contributed by atoms with Crippen LogP contribution >= 0.6 is 0 Å². The predicted octanol–water partition coefficient (Wildman–Crippen LogP) is 1.55. The molecule has 1 amide bonds. The minimum Gasteiger partial charge on any atom is -0.358 e. The molecule has 0 heterocycles. The van der Waals surface area contributed by atoms with Crippen molar-refractivity contribution in [1.82, 2.24) is 10.2 Å². The first kappa shape index (κ1) is 15.4. The van der Waals surface area contributed by atoms with Gasteiger partial charge in [-0.2, -0.15) is 0 Å². The summed E-state index contributed by atoms with van der Waals surface area (Å²) in [6, 6.07) is 5.86. The average molecular weight is 262 g/mol. The molecule has 1 aromatic rings. The van der Waals surface area contributed by atoms with Gasteiger partial charge in [0.25, 0.3) is 0 Å². The lowest BCUT2D eigenvalue weighted by molar-refractivity contribution is -0.121. The third-order valence-corrected chi connectivity index (χ3v) is 3.15. The van der Waals surface area contributed by atoms with Crippen LogP contribution in [0, 0.1) is 13.8 Å². The highest BCUT2D eigenvalue weighted by molar-refractivity contribution is 5.99. The molecule has 0 unspecified atom stereocenters. The van der Waals surface area contributed by atoms with Crippen LogP contribution in [-0.2, 0) is 4.79 Å². The van der Waals surface area contributed by atoms with Gasteiger partial charge in [-0.15, -0.1) is 0 Å². The van der Waals surface area contributed by atoms with Gasteiger partial charge in [0.05, 0.1) is 13.1 Å². The van der Waals surface area contributed by atoms with Crippen molar-refractivity contribution in [2.75, 3.05) is 26.7 Å². The van der Waals surface area contributed by atoms with E-state index in [-0.39, 0.29) is 24.8 Å². The minimum absolute atomic E-state index is 0.0620. The minimum atomic E-state index is -0.0735. The average Bonchev–Trinajstić information content (AvgIpc) is 2.40. The standard InChI is InChI=1S/C15H22N2O2/c1-5-17(10-15(19)16-4)9-14(18)13-8-11(2)6-7-12(13)3/h6-8H,5,9-10H2,1-4H3,(H,16,19). The van der Waals surface area contributed by atoms with Crippen LogP contribution in [0.1, 0.15) is 28.4 Å². The molecule has 1 aromatic carbocycles. The molecular formula is C15H22N2O2. The van der Waals surface area contributed by atoms with Crippen LogP contribution in [-0.4, -0.2) is 43.3 Å². The van der Waals surface area contributed by atoms with Crippen molar-refractivity contribution in [2.45, 2.75) is 20.8 Å². The van der Waals surface area contributed by atoms with E-state index in [1.165, 1.54) is 0 Å². The third-order valence-electron chi connectivity index (χ3n) is 3.15. The zero-order valence-electron chi connectivity index (χ0n) is 12.1. The first-order valence-electron chi connectivity index (χ1n) is 6.51. The van der Waals surface area contributed by atoms with E-state index in [9.17, 15) is 9.59 Å². The van der Waals surface area contributed by atoms with Gasteiger partial charge >= 0.3 is 0 Å². The van der Waals surface area contributed by atoms with Gasteiger partial charge in [0, 0.05) is 12.6 Å². The molecule has 19 heavy (non-hydrogen) atoms. The third kappa shape index (κ3) is 4.48. The van der Waals surface area contributed by atoms with Gasteiger partial charge in [-0.3, -0.25) is 14.5 Å². The van der Waals surface area contributed by atoms with E-state index < -0.39 is 0 Å². The molecule has 0 aliphatic carbocycles. The van der Waals surface area contributed by atoms with E-state index in [1.54, 1.807) is 7.05 Å². The maximum atomic E-state index is 12.3. The molecule has 4 nitrogen and oxygen atoms in total. The van der Waals surface area contributed by atoms with Crippen molar-refractivity contribution in [3.05, 3.63) is 34.9 Å². The number of ketones is 1. The smallest absolute Gasteiger partial charge is 0.233 e. The summed E-state index contributed by atoms with van der Waals surface area (Å²) < 4.78 is 0. The second-order valence-corrected chi connectivity index (χ2v) is 4.72. The van der Waals surface area contributed by atoms with Gasteiger partial charge < -0.3 is 5.32 Å². The molecule has 0 spiro atoms. The van der Waals surface area contributed by atoms with Crippen LogP contribution in [0.3, 0.4) is 0 Å². The molecule has 0 atom stereocenters. The molecule has 0 radical (unpaired) electrons. The highest BCUT2D eigenvalue weighted by Crippen LogP contribution is 2.12. The van der Waals surface area contributed by atoms with Crippen molar-refractivity contribution in [3.8, 4) is 0 Å². The SMILES string of the molecule is CCN(CC(=O)NC)CC(=O)c1cc(C)ccc1C. The quantitative estimate of drug-likeness (QED) is 0.791. The fraction of sp³-hybridized carbons (Fsp3) is 0.467. The van der Waals surface area contributed by atoms with Crippen LogP contribution < -0.4 is 5.32 Å². The second-order valence-electron chi connectivity index (χ2n) is 4.72. The zero-order chi connectivity index (χ0) is 14.4. The molecule has 104 valence electrons. The summed E-state index contributed by atoms with van der Waals surface area (Å²) in [5, 5.41) is 2.57. The zero-order valence-corrected chi connectivity index (χ0v) is 12.1. The Morgan fingerprint density at radius 1 is 1.21 bits per heavy atom. The maximum Gasteiger partial charge on any atom is 0.233 e. The van der Waals surface area contributed by atoms with Crippen molar-refractivity contribution >= 4 is 11.7 Å². The predicted molar refractivity (Wildman–Crippen MR) is 76.4 cm³/mol. The molecule has 0 aromatic heterocycles. The number of nitrogens with zero attached hydrogens (tertiary/aromatic N) is 1. The molecular weight excluding hydrogens is 240 g/mol. The van der Waals surface area contributed by atoms with Crippen LogP contribution in [0.15, 0.2) is 18.2 Å². The maximum absolute atomic E-state index is 12.3. The molecule has 1 N–H and O–H groups in total. The van der Waals surface area contributed by atoms with E-state index in [1.807, 2.05) is 43.9 Å². The largest absolute Gasteiger partial charge is 0.358 e. The summed E-state index contributed by atoms with van der Waals surface area (Å²) in [5.74, 6) is -0.0115. The summed E-state index contributed by atoms with van der Waals surface area (Å²) in [7, 11) is 1.60. The molecule has 1 rings (SSSR count). The lowest BCUT2D eigenvalue weighted by Crippen LogP contribution is -2.38. The summed E-state index contributed by atoms with van der Waals surface area (Å²) in [6.07, 6.45) is 0. The number of carbonyl (C=O) groups is 2. The molecule has 0 saturated carbocycles. The first-order chi connectivity index (χ1) is 8.97.